The van der Waals surface area contributed by atoms with Crippen LogP contribution in [0.3, 0.4) is 0 Å². The number of aromatic nitrogens is 3. The summed E-state index contributed by atoms with van der Waals surface area (Å²) in [5, 5.41) is 10.1. The zero-order valence-electron chi connectivity index (χ0n) is 33.0. The molecule has 0 bridgehead atoms. The first-order chi connectivity index (χ1) is 30.3. The lowest BCUT2D eigenvalue weighted by atomic mass is 10.0. The molecule has 0 radical (unpaired) electrons. The van der Waals surface area contributed by atoms with Crippen molar-refractivity contribution in [3.63, 3.8) is 0 Å². The first kappa shape index (κ1) is 32.8. The molecule has 3 heteroatoms. The van der Waals surface area contributed by atoms with Crippen molar-refractivity contribution in [3.8, 4) is 50.4 Å². The summed E-state index contributed by atoms with van der Waals surface area (Å²) in [5.41, 5.74) is 18.4. The Morgan fingerprint density at radius 1 is 0.230 bits per heavy atom. The van der Waals surface area contributed by atoms with Gasteiger partial charge in [-0.2, -0.15) is 0 Å². The Bertz CT molecular complexity index is 3960. The zero-order valence-corrected chi connectivity index (χ0v) is 33.0. The van der Waals surface area contributed by atoms with Crippen LogP contribution in [0.1, 0.15) is 0 Å². The van der Waals surface area contributed by atoms with Crippen molar-refractivity contribution in [2.75, 3.05) is 0 Å². The maximum atomic E-state index is 2.48. The van der Waals surface area contributed by atoms with Gasteiger partial charge in [-0.05, 0) is 112 Å². The van der Waals surface area contributed by atoms with Crippen LogP contribution in [-0.4, -0.2) is 13.7 Å². The van der Waals surface area contributed by atoms with Crippen LogP contribution in [0.25, 0.3) is 127 Å². The first-order valence-electron chi connectivity index (χ1n) is 21.1. The molecule has 1 aliphatic rings. The minimum atomic E-state index is 1.15. The second kappa shape index (κ2) is 12.2. The van der Waals surface area contributed by atoms with Crippen LogP contribution < -0.4 is 0 Å². The van der Waals surface area contributed by atoms with Crippen molar-refractivity contribution in [2.45, 2.75) is 0 Å². The first-order valence-corrected chi connectivity index (χ1v) is 21.1. The Hall–Kier alpha value is -8.14. The van der Waals surface area contributed by atoms with Crippen LogP contribution in [0.4, 0.5) is 0 Å². The summed E-state index contributed by atoms with van der Waals surface area (Å²) in [6, 6.07) is 78.4. The standard InChI is InChI=1S/C58H35N3/c1-2-13-38(14-3-1)59-51-22-9-6-17-42(51)45-28-27-39(35-57(45)59)60-52-23-10-7-18-43(52)49-33-36(25-30-55(49)60)37-26-31-56-50(34-37)44-19-8-11-24-53(44)61(56)54-32-29-47-41-16-5-4-15-40(41)46-20-12-21-48(54)58(46)47/h1-35H. The topological polar surface area (TPSA) is 14.8 Å². The molecule has 0 unspecified atom stereocenters. The predicted octanol–water partition coefficient (Wildman–Crippen LogP) is 15.4. The molecule has 3 heterocycles. The Kier molecular flexibility index (Phi) is 6.56. The highest BCUT2D eigenvalue weighted by Gasteiger charge is 2.24. The van der Waals surface area contributed by atoms with Crippen molar-refractivity contribution in [3.05, 3.63) is 212 Å². The molecule has 282 valence electrons. The maximum Gasteiger partial charge on any atom is 0.0561 e. The van der Waals surface area contributed by atoms with Crippen molar-refractivity contribution >= 4 is 76.2 Å². The maximum absolute atomic E-state index is 2.48. The van der Waals surface area contributed by atoms with Crippen LogP contribution >= 0.6 is 0 Å². The van der Waals surface area contributed by atoms with Gasteiger partial charge in [-0.1, -0.05) is 140 Å². The lowest BCUT2D eigenvalue weighted by Gasteiger charge is -2.13. The van der Waals surface area contributed by atoms with Crippen LogP contribution in [0.2, 0.25) is 0 Å². The fraction of sp³-hybridized carbons (Fsp3) is 0. The van der Waals surface area contributed by atoms with Crippen molar-refractivity contribution < 1.29 is 0 Å². The van der Waals surface area contributed by atoms with Gasteiger partial charge in [-0.25, -0.2) is 0 Å². The lowest BCUT2D eigenvalue weighted by Crippen LogP contribution is -1.96. The highest BCUT2D eigenvalue weighted by Crippen LogP contribution is 2.49. The molecular formula is C58H35N3. The number of fused-ring (bicyclic) bond motifs is 12. The normalized spacial score (nSPS) is 12.3. The summed E-state index contributed by atoms with van der Waals surface area (Å²) in [4.78, 5) is 0. The Morgan fingerprint density at radius 2 is 0.705 bits per heavy atom. The average Bonchev–Trinajstić information content (AvgIpc) is 4.05. The molecule has 0 saturated carbocycles. The van der Waals surface area contributed by atoms with Crippen LogP contribution in [0.15, 0.2) is 212 Å². The molecule has 1 aliphatic carbocycles. The number of benzene rings is 10. The molecule has 0 fully saturated rings. The summed E-state index contributed by atoms with van der Waals surface area (Å²) in [5.74, 6) is 0. The summed E-state index contributed by atoms with van der Waals surface area (Å²) >= 11 is 0. The Morgan fingerprint density at radius 3 is 1.38 bits per heavy atom. The quantitative estimate of drug-likeness (QED) is 0.169. The summed E-state index contributed by atoms with van der Waals surface area (Å²) < 4.78 is 7.32. The summed E-state index contributed by atoms with van der Waals surface area (Å²) in [7, 11) is 0. The fourth-order valence-electron chi connectivity index (χ4n) is 10.8. The monoisotopic (exact) mass is 773 g/mol. The minimum absolute atomic E-state index is 1.15. The SMILES string of the molecule is c1ccc(-n2c3ccccc3c3ccc(-n4c5ccccc5c5cc(-c6ccc7c(c6)c6ccccc6n7-c6ccc7c8c(cccc68)-c6ccccc6-7)ccc54)cc32)cc1. The molecule has 3 aromatic heterocycles. The second-order valence-corrected chi connectivity index (χ2v) is 16.5. The van der Waals surface area contributed by atoms with Gasteiger partial charge in [-0.15, -0.1) is 0 Å². The van der Waals surface area contributed by atoms with Crippen LogP contribution in [0.5, 0.6) is 0 Å². The van der Waals surface area contributed by atoms with Crippen LogP contribution in [-0.2, 0) is 0 Å². The van der Waals surface area contributed by atoms with Crippen molar-refractivity contribution in [1.82, 2.24) is 13.7 Å². The van der Waals surface area contributed by atoms with E-state index in [0.717, 1.165) is 11.4 Å². The number of rotatable bonds is 4. The van der Waals surface area contributed by atoms with Gasteiger partial charge in [0.2, 0.25) is 0 Å². The van der Waals surface area contributed by atoms with E-state index in [4.69, 9.17) is 0 Å². The van der Waals surface area contributed by atoms with Gasteiger partial charge in [0.05, 0.1) is 38.8 Å². The van der Waals surface area contributed by atoms with E-state index in [0.29, 0.717) is 0 Å². The van der Waals surface area contributed by atoms with E-state index >= 15 is 0 Å². The molecule has 3 nitrogen and oxygen atoms in total. The summed E-state index contributed by atoms with van der Waals surface area (Å²) in [6.45, 7) is 0. The number of para-hydroxylation sites is 4. The van der Waals surface area contributed by atoms with Gasteiger partial charge >= 0.3 is 0 Å². The highest BCUT2D eigenvalue weighted by atomic mass is 15.0. The van der Waals surface area contributed by atoms with E-state index in [1.807, 2.05) is 0 Å². The molecule has 0 amide bonds. The molecular weight excluding hydrogens is 739 g/mol. The van der Waals surface area contributed by atoms with E-state index in [-0.39, 0.29) is 0 Å². The molecule has 10 aromatic carbocycles. The van der Waals surface area contributed by atoms with Gasteiger partial charge < -0.3 is 13.7 Å². The number of hydrogen-bond acceptors (Lipinski definition) is 0. The number of nitrogens with zero attached hydrogens (tertiary/aromatic N) is 3. The van der Waals surface area contributed by atoms with Gasteiger partial charge in [0.1, 0.15) is 0 Å². The molecule has 0 spiro atoms. The fourth-order valence-corrected chi connectivity index (χ4v) is 10.8. The molecule has 14 rings (SSSR count). The highest BCUT2D eigenvalue weighted by molar-refractivity contribution is 6.19. The van der Waals surface area contributed by atoms with E-state index in [9.17, 15) is 0 Å². The third kappa shape index (κ3) is 4.47. The Labute approximate surface area is 351 Å². The predicted molar refractivity (Wildman–Crippen MR) is 257 cm³/mol. The van der Waals surface area contributed by atoms with E-state index in [1.54, 1.807) is 0 Å². The Balaban J connectivity index is 0.942. The molecule has 61 heavy (non-hydrogen) atoms. The molecule has 0 aliphatic heterocycles. The third-order valence-electron chi connectivity index (χ3n) is 13.4. The van der Waals surface area contributed by atoms with Crippen molar-refractivity contribution in [1.29, 1.82) is 0 Å². The van der Waals surface area contributed by atoms with E-state index in [1.165, 1.54) is 115 Å². The van der Waals surface area contributed by atoms with E-state index < -0.39 is 0 Å². The van der Waals surface area contributed by atoms with Gasteiger partial charge in [0.25, 0.3) is 0 Å². The van der Waals surface area contributed by atoms with Gasteiger partial charge in [0, 0.05) is 49.1 Å². The molecule has 13 aromatic rings. The van der Waals surface area contributed by atoms with Crippen molar-refractivity contribution in [2.24, 2.45) is 0 Å². The van der Waals surface area contributed by atoms with Gasteiger partial charge in [-0.3, -0.25) is 0 Å². The molecule has 0 saturated heterocycles. The van der Waals surface area contributed by atoms with Crippen LogP contribution in [0, 0.1) is 0 Å². The minimum Gasteiger partial charge on any atom is -0.309 e. The second-order valence-electron chi connectivity index (χ2n) is 16.5. The smallest absolute Gasteiger partial charge is 0.0561 e. The number of hydrogen-bond donors (Lipinski definition) is 0. The summed E-state index contributed by atoms with van der Waals surface area (Å²) in [6.07, 6.45) is 0. The lowest BCUT2D eigenvalue weighted by molar-refractivity contribution is 1.15. The molecule has 0 N–H and O–H groups in total. The zero-order chi connectivity index (χ0) is 39.8. The largest absolute Gasteiger partial charge is 0.309 e. The van der Waals surface area contributed by atoms with E-state index in [2.05, 4.69) is 226 Å². The molecule has 0 atom stereocenters. The third-order valence-corrected chi connectivity index (χ3v) is 13.4. The van der Waals surface area contributed by atoms with Gasteiger partial charge in [0.15, 0.2) is 0 Å². The average molecular weight is 774 g/mol.